The number of ether oxygens (including phenoxy) is 2. The maximum atomic E-state index is 6.00. The predicted molar refractivity (Wildman–Crippen MR) is 117 cm³/mol. The summed E-state index contributed by atoms with van der Waals surface area (Å²) in [5.41, 5.74) is 0. The monoisotopic (exact) mass is 396 g/mol. The fourth-order valence-corrected chi connectivity index (χ4v) is 4.11. The second kappa shape index (κ2) is 14.2. The van der Waals surface area contributed by atoms with Crippen LogP contribution in [0, 0.1) is 5.92 Å². The van der Waals surface area contributed by atoms with Gasteiger partial charge in [0.25, 0.3) is 0 Å². The van der Waals surface area contributed by atoms with Crippen molar-refractivity contribution >= 4 is 5.96 Å². The summed E-state index contributed by atoms with van der Waals surface area (Å²) in [5, 5.41) is 6.84. The average Bonchev–Trinajstić information content (AvgIpc) is 2.70. The van der Waals surface area contributed by atoms with Crippen molar-refractivity contribution in [2.45, 2.75) is 77.4 Å². The zero-order valence-corrected chi connectivity index (χ0v) is 18.5. The van der Waals surface area contributed by atoms with Crippen molar-refractivity contribution in [1.82, 2.24) is 15.5 Å². The minimum atomic E-state index is 0.239. The van der Waals surface area contributed by atoms with Crippen LogP contribution in [0.4, 0.5) is 0 Å². The summed E-state index contributed by atoms with van der Waals surface area (Å²) in [6, 6.07) is 0. The van der Waals surface area contributed by atoms with Gasteiger partial charge in [0.2, 0.25) is 0 Å². The van der Waals surface area contributed by atoms with Gasteiger partial charge in [-0.15, -0.1) is 0 Å². The Morgan fingerprint density at radius 3 is 2.71 bits per heavy atom. The number of aliphatic imine (C=N–C) groups is 1. The molecule has 1 heterocycles. The minimum absolute atomic E-state index is 0.239. The molecular formula is C22H44N4O2. The molecule has 2 fully saturated rings. The lowest BCUT2D eigenvalue weighted by Gasteiger charge is -2.34. The van der Waals surface area contributed by atoms with Gasteiger partial charge in [0.05, 0.1) is 18.8 Å². The molecule has 164 valence electrons. The van der Waals surface area contributed by atoms with Gasteiger partial charge < -0.3 is 20.1 Å². The number of hydrogen-bond acceptors (Lipinski definition) is 4. The fraction of sp³-hybridized carbons (Fsp3) is 0.955. The van der Waals surface area contributed by atoms with E-state index in [4.69, 9.17) is 9.47 Å². The van der Waals surface area contributed by atoms with Crippen LogP contribution in [0.2, 0.25) is 0 Å². The van der Waals surface area contributed by atoms with Crippen molar-refractivity contribution in [3.63, 3.8) is 0 Å². The molecule has 1 saturated carbocycles. The maximum absolute atomic E-state index is 6.00. The third kappa shape index (κ3) is 10.1. The molecule has 1 aliphatic heterocycles. The summed E-state index contributed by atoms with van der Waals surface area (Å²) in [5.74, 6) is 1.58. The lowest BCUT2D eigenvalue weighted by Crippen LogP contribution is -2.50. The van der Waals surface area contributed by atoms with Crippen molar-refractivity contribution < 1.29 is 9.47 Å². The van der Waals surface area contributed by atoms with Gasteiger partial charge in [-0.1, -0.05) is 33.1 Å². The molecule has 0 aromatic rings. The molecular weight excluding hydrogens is 352 g/mol. The van der Waals surface area contributed by atoms with E-state index in [0.717, 1.165) is 64.7 Å². The van der Waals surface area contributed by atoms with Gasteiger partial charge in [-0.3, -0.25) is 9.89 Å². The number of nitrogens with zero attached hydrogens (tertiary/aromatic N) is 2. The van der Waals surface area contributed by atoms with Gasteiger partial charge in [-0.05, 0) is 38.0 Å². The summed E-state index contributed by atoms with van der Waals surface area (Å²) in [4.78, 5) is 6.84. The largest absolute Gasteiger partial charge is 0.378 e. The molecule has 0 bridgehead atoms. The smallest absolute Gasteiger partial charge is 0.191 e. The van der Waals surface area contributed by atoms with E-state index in [2.05, 4.69) is 34.4 Å². The summed E-state index contributed by atoms with van der Waals surface area (Å²) in [6.07, 6.45) is 10.9. The highest BCUT2D eigenvalue weighted by molar-refractivity contribution is 5.79. The lowest BCUT2D eigenvalue weighted by atomic mass is 9.98. The summed E-state index contributed by atoms with van der Waals surface area (Å²) < 4.78 is 11.9. The van der Waals surface area contributed by atoms with Crippen molar-refractivity contribution in [1.29, 1.82) is 0 Å². The Balaban J connectivity index is 1.48. The second-order valence-electron chi connectivity index (χ2n) is 8.72. The second-order valence-corrected chi connectivity index (χ2v) is 8.72. The first-order chi connectivity index (χ1) is 13.7. The first-order valence-corrected chi connectivity index (χ1v) is 11.6. The van der Waals surface area contributed by atoms with E-state index < -0.39 is 0 Å². The third-order valence-corrected chi connectivity index (χ3v) is 5.59. The van der Waals surface area contributed by atoms with Crippen LogP contribution in [-0.2, 0) is 9.47 Å². The number of guanidine groups is 1. The zero-order valence-electron chi connectivity index (χ0n) is 18.5. The molecule has 0 spiro atoms. The van der Waals surface area contributed by atoms with E-state index in [9.17, 15) is 0 Å². The molecule has 0 amide bonds. The van der Waals surface area contributed by atoms with E-state index in [1.54, 1.807) is 0 Å². The first-order valence-electron chi connectivity index (χ1n) is 11.6. The van der Waals surface area contributed by atoms with Gasteiger partial charge in [0.15, 0.2) is 5.96 Å². The van der Waals surface area contributed by atoms with Gasteiger partial charge in [-0.25, -0.2) is 0 Å². The maximum Gasteiger partial charge on any atom is 0.191 e. The minimum Gasteiger partial charge on any atom is -0.378 e. The van der Waals surface area contributed by atoms with Gasteiger partial charge in [0, 0.05) is 46.4 Å². The summed E-state index contributed by atoms with van der Waals surface area (Å²) >= 11 is 0. The summed E-state index contributed by atoms with van der Waals surface area (Å²) in [7, 11) is 1.83. The molecule has 1 unspecified atom stereocenters. The summed E-state index contributed by atoms with van der Waals surface area (Å²) in [6.45, 7) is 11.3. The highest BCUT2D eigenvalue weighted by atomic mass is 16.5. The molecule has 0 aromatic carbocycles. The molecule has 1 saturated heterocycles. The molecule has 2 rings (SSSR count). The van der Waals surface area contributed by atoms with Crippen LogP contribution in [0.1, 0.15) is 65.2 Å². The Kier molecular flexibility index (Phi) is 11.9. The van der Waals surface area contributed by atoms with Gasteiger partial charge in [0.1, 0.15) is 0 Å². The molecule has 6 nitrogen and oxygen atoms in total. The van der Waals surface area contributed by atoms with Crippen molar-refractivity contribution in [2.24, 2.45) is 10.9 Å². The van der Waals surface area contributed by atoms with E-state index in [-0.39, 0.29) is 6.10 Å². The highest BCUT2D eigenvalue weighted by Gasteiger charge is 2.21. The van der Waals surface area contributed by atoms with Crippen LogP contribution in [0.25, 0.3) is 0 Å². The molecule has 6 heteroatoms. The molecule has 0 aromatic heterocycles. The van der Waals surface area contributed by atoms with Crippen molar-refractivity contribution in [3.05, 3.63) is 0 Å². The quantitative estimate of drug-likeness (QED) is 0.319. The standard InChI is InChI=1S/C22H44N4O2/c1-19(2)17-26-13-15-28-21(18-26)16-25-22(23-3)24-12-8-5-9-14-27-20-10-6-4-7-11-20/h19-21H,4-18H2,1-3H3,(H2,23,24,25). The number of unbranched alkanes of at least 4 members (excludes halogenated alkanes) is 2. The average molecular weight is 397 g/mol. The van der Waals surface area contributed by atoms with Crippen LogP contribution in [-0.4, -0.2) is 76.1 Å². The van der Waals surface area contributed by atoms with E-state index >= 15 is 0 Å². The molecule has 2 N–H and O–H groups in total. The molecule has 1 aliphatic carbocycles. The number of rotatable bonds is 11. The predicted octanol–water partition coefficient (Wildman–Crippen LogP) is 3.03. The van der Waals surface area contributed by atoms with Crippen LogP contribution >= 0.6 is 0 Å². The fourth-order valence-electron chi connectivity index (χ4n) is 4.11. The third-order valence-electron chi connectivity index (χ3n) is 5.59. The lowest BCUT2D eigenvalue weighted by molar-refractivity contribution is -0.0284. The Bertz CT molecular complexity index is 425. The molecule has 2 aliphatic rings. The van der Waals surface area contributed by atoms with Crippen molar-refractivity contribution in [2.75, 3.05) is 53.0 Å². The Hall–Kier alpha value is -0.850. The number of hydrogen-bond donors (Lipinski definition) is 2. The van der Waals surface area contributed by atoms with Crippen LogP contribution in [0.5, 0.6) is 0 Å². The van der Waals surface area contributed by atoms with Gasteiger partial charge in [-0.2, -0.15) is 0 Å². The first kappa shape index (κ1) is 23.4. The van der Waals surface area contributed by atoms with Crippen LogP contribution < -0.4 is 10.6 Å². The van der Waals surface area contributed by atoms with E-state index in [0.29, 0.717) is 12.0 Å². The number of nitrogens with one attached hydrogen (secondary N) is 2. The van der Waals surface area contributed by atoms with E-state index in [1.807, 2.05) is 7.05 Å². The molecule has 0 radical (unpaired) electrons. The zero-order chi connectivity index (χ0) is 20.0. The van der Waals surface area contributed by atoms with E-state index in [1.165, 1.54) is 38.5 Å². The highest BCUT2D eigenvalue weighted by Crippen LogP contribution is 2.20. The van der Waals surface area contributed by atoms with Gasteiger partial charge >= 0.3 is 0 Å². The molecule has 28 heavy (non-hydrogen) atoms. The normalized spacial score (nSPS) is 22.6. The van der Waals surface area contributed by atoms with Crippen molar-refractivity contribution in [3.8, 4) is 0 Å². The Labute approximate surface area is 172 Å². The Morgan fingerprint density at radius 2 is 1.96 bits per heavy atom. The number of morpholine rings is 1. The SMILES string of the molecule is CN=C(NCCCCCOC1CCCCC1)NCC1CN(CC(C)C)CCO1. The van der Waals surface area contributed by atoms with Crippen LogP contribution in [0.3, 0.4) is 0 Å². The topological polar surface area (TPSA) is 58.1 Å². The van der Waals surface area contributed by atoms with Crippen LogP contribution in [0.15, 0.2) is 4.99 Å². The molecule has 1 atom stereocenters. The Morgan fingerprint density at radius 1 is 1.14 bits per heavy atom.